The monoisotopic (exact) mass is 410 g/mol. The quantitative estimate of drug-likeness (QED) is 0.457. The molecule has 5 nitrogen and oxygen atoms in total. The molecular formula is C26H22N2O3. The summed E-state index contributed by atoms with van der Waals surface area (Å²) in [5, 5.41) is 3.77. The first-order chi connectivity index (χ1) is 15.2. The molecule has 1 N–H and O–H groups in total. The molecule has 0 fully saturated rings. The summed E-state index contributed by atoms with van der Waals surface area (Å²) in [6.45, 7) is 0. The van der Waals surface area contributed by atoms with E-state index in [1.807, 2.05) is 84.9 Å². The fraction of sp³-hybridized carbons (Fsp3) is 0.115. The first-order valence-electron chi connectivity index (χ1n) is 10.0. The Morgan fingerprint density at radius 3 is 2.26 bits per heavy atom. The standard InChI is InChI=1S/C26H22N2O3/c1-31-25(29)17-24(19-12-6-3-7-13-19)28-26(30)21-16-23(18-10-4-2-5-11-18)27-22-15-9-8-14-20(21)22/h2-16,24H,17H2,1H3,(H,28,30)/t24-/m1/s1. The zero-order chi connectivity index (χ0) is 21.6. The Balaban J connectivity index is 1.74. The number of amides is 1. The highest BCUT2D eigenvalue weighted by atomic mass is 16.5. The van der Waals surface area contributed by atoms with Crippen LogP contribution in [0.2, 0.25) is 0 Å². The second-order valence-electron chi connectivity index (χ2n) is 7.16. The van der Waals surface area contributed by atoms with Gasteiger partial charge in [0, 0.05) is 10.9 Å². The molecule has 1 amide bonds. The lowest BCUT2D eigenvalue weighted by atomic mass is 10.0. The molecule has 0 saturated carbocycles. The highest BCUT2D eigenvalue weighted by Gasteiger charge is 2.21. The first kappa shape index (κ1) is 20.3. The summed E-state index contributed by atoms with van der Waals surface area (Å²) < 4.78 is 4.84. The molecule has 1 atom stereocenters. The summed E-state index contributed by atoms with van der Waals surface area (Å²) in [6.07, 6.45) is 0.0425. The number of hydrogen-bond acceptors (Lipinski definition) is 4. The number of aromatic nitrogens is 1. The van der Waals surface area contributed by atoms with Crippen LogP contribution in [-0.2, 0) is 9.53 Å². The topological polar surface area (TPSA) is 68.3 Å². The molecule has 4 rings (SSSR count). The van der Waals surface area contributed by atoms with E-state index < -0.39 is 12.0 Å². The Hall–Kier alpha value is -3.99. The van der Waals surface area contributed by atoms with Crippen LogP contribution in [0, 0.1) is 0 Å². The van der Waals surface area contributed by atoms with Gasteiger partial charge in [-0.3, -0.25) is 9.59 Å². The highest BCUT2D eigenvalue weighted by molar-refractivity contribution is 6.07. The highest BCUT2D eigenvalue weighted by Crippen LogP contribution is 2.26. The maximum Gasteiger partial charge on any atom is 0.307 e. The molecule has 0 unspecified atom stereocenters. The zero-order valence-electron chi connectivity index (χ0n) is 17.1. The van der Waals surface area contributed by atoms with Crippen molar-refractivity contribution in [3.8, 4) is 11.3 Å². The van der Waals surface area contributed by atoms with E-state index in [4.69, 9.17) is 9.72 Å². The lowest BCUT2D eigenvalue weighted by Gasteiger charge is -2.19. The van der Waals surface area contributed by atoms with E-state index in [-0.39, 0.29) is 12.3 Å². The number of ether oxygens (including phenoxy) is 1. The van der Waals surface area contributed by atoms with Gasteiger partial charge in [0.2, 0.25) is 0 Å². The van der Waals surface area contributed by atoms with Gasteiger partial charge in [-0.25, -0.2) is 4.98 Å². The Morgan fingerprint density at radius 2 is 1.55 bits per heavy atom. The summed E-state index contributed by atoms with van der Waals surface area (Å²) in [5.41, 5.74) is 3.72. The van der Waals surface area contributed by atoms with Crippen molar-refractivity contribution in [2.45, 2.75) is 12.5 Å². The second kappa shape index (κ2) is 9.22. The van der Waals surface area contributed by atoms with Crippen LogP contribution in [0.25, 0.3) is 22.2 Å². The third kappa shape index (κ3) is 4.61. The van der Waals surface area contributed by atoms with Gasteiger partial charge in [0.15, 0.2) is 0 Å². The Morgan fingerprint density at radius 1 is 0.903 bits per heavy atom. The minimum Gasteiger partial charge on any atom is -0.469 e. The number of fused-ring (bicyclic) bond motifs is 1. The summed E-state index contributed by atoms with van der Waals surface area (Å²) >= 11 is 0. The van der Waals surface area contributed by atoms with Gasteiger partial charge < -0.3 is 10.1 Å². The lowest BCUT2D eigenvalue weighted by molar-refractivity contribution is -0.141. The van der Waals surface area contributed by atoms with Crippen molar-refractivity contribution < 1.29 is 14.3 Å². The van der Waals surface area contributed by atoms with Crippen LogP contribution in [0.3, 0.4) is 0 Å². The fourth-order valence-electron chi connectivity index (χ4n) is 3.54. The van der Waals surface area contributed by atoms with Crippen LogP contribution in [0.4, 0.5) is 0 Å². The first-order valence-corrected chi connectivity index (χ1v) is 10.0. The van der Waals surface area contributed by atoms with Crippen molar-refractivity contribution in [2.75, 3.05) is 7.11 Å². The Kier molecular flexibility index (Phi) is 6.03. The Bertz CT molecular complexity index is 1210. The summed E-state index contributed by atoms with van der Waals surface area (Å²) in [5.74, 6) is -0.660. The van der Waals surface area contributed by atoms with Crippen molar-refractivity contribution in [1.82, 2.24) is 10.3 Å². The molecule has 4 aromatic rings. The fourth-order valence-corrected chi connectivity index (χ4v) is 3.54. The summed E-state index contributed by atoms with van der Waals surface area (Å²) in [4.78, 5) is 30.1. The molecule has 0 aliphatic rings. The zero-order valence-corrected chi connectivity index (χ0v) is 17.1. The molecule has 5 heteroatoms. The number of para-hydroxylation sites is 1. The molecular weight excluding hydrogens is 388 g/mol. The average molecular weight is 410 g/mol. The third-order valence-electron chi connectivity index (χ3n) is 5.14. The molecule has 154 valence electrons. The van der Waals surface area contributed by atoms with Gasteiger partial charge in [-0.05, 0) is 17.7 Å². The predicted octanol–water partition coefficient (Wildman–Crippen LogP) is 4.94. The molecule has 0 aliphatic carbocycles. The smallest absolute Gasteiger partial charge is 0.307 e. The molecule has 0 bridgehead atoms. The van der Waals surface area contributed by atoms with E-state index in [9.17, 15) is 9.59 Å². The molecule has 1 heterocycles. The lowest BCUT2D eigenvalue weighted by Crippen LogP contribution is -2.30. The number of rotatable bonds is 6. The van der Waals surface area contributed by atoms with Crippen molar-refractivity contribution >= 4 is 22.8 Å². The largest absolute Gasteiger partial charge is 0.469 e. The molecule has 31 heavy (non-hydrogen) atoms. The summed E-state index contributed by atoms with van der Waals surface area (Å²) in [7, 11) is 1.34. The van der Waals surface area contributed by atoms with Gasteiger partial charge in [0.05, 0.1) is 36.3 Å². The Labute approximate surface area is 180 Å². The van der Waals surface area contributed by atoms with E-state index in [2.05, 4.69) is 5.32 Å². The molecule has 0 spiro atoms. The van der Waals surface area contributed by atoms with E-state index in [1.165, 1.54) is 7.11 Å². The summed E-state index contributed by atoms with van der Waals surface area (Å²) in [6, 6.07) is 28.0. The van der Waals surface area contributed by atoms with Crippen molar-refractivity contribution in [1.29, 1.82) is 0 Å². The SMILES string of the molecule is COC(=O)C[C@@H](NC(=O)c1cc(-c2ccccc2)nc2ccccc12)c1ccccc1. The second-order valence-corrected chi connectivity index (χ2v) is 7.16. The van der Waals surface area contributed by atoms with Crippen LogP contribution in [-0.4, -0.2) is 24.0 Å². The molecule has 1 aromatic heterocycles. The molecule has 0 aliphatic heterocycles. The maximum absolute atomic E-state index is 13.4. The van der Waals surface area contributed by atoms with Crippen LogP contribution in [0.15, 0.2) is 91.0 Å². The number of esters is 1. The molecule has 0 saturated heterocycles. The van der Waals surface area contributed by atoms with E-state index in [1.54, 1.807) is 6.07 Å². The van der Waals surface area contributed by atoms with E-state index in [0.717, 1.165) is 22.0 Å². The molecule has 0 radical (unpaired) electrons. The number of benzene rings is 3. The normalized spacial score (nSPS) is 11.6. The van der Waals surface area contributed by atoms with E-state index in [0.29, 0.717) is 11.3 Å². The van der Waals surface area contributed by atoms with Gasteiger partial charge in [0.25, 0.3) is 5.91 Å². The van der Waals surface area contributed by atoms with Crippen molar-refractivity contribution in [2.24, 2.45) is 0 Å². The predicted molar refractivity (Wildman–Crippen MR) is 120 cm³/mol. The third-order valence-corrected chi connectivity index (χ3v) is 5.14. The van der Waals surface area contributed by atoms with Gasteiger partial charge in [-0.2, -0.15) is 0 Å². The van der Waals surface area contributed by atoms with Crippen molar-refractivity contribution in [3.63, 3.8) is 0 Å². The van der Waals surface area contributed by atoms with Crippen LogP contribution in [0.1, 0.15) is 28.4 Å². The van der Waals surface area contributed by atoms with Gasteiger partial charge >= 0.3 is 5.97 Å². The van der Waals surface area contributed by atoms with Crippen LogP contribution in [0.5, 0.6) is 0 Å². The van der Waals surface area contributed by atoms with Crippen LogP contribution >= 0.6 is 0 Å². The number of carbonyl (C=O) groups is 2. The maximum atomic E-state index is 13.4. The van der Waals surface area contributed by atoms with Gasteiger partial charge in [-0.15, -0.1) is 0 Å². The number of methoxy groups -OCH3 is 1. The number of nitrogens with zero attached hydrogens (tertiary/aromatic N) is 1. The number of carbonyl (C=O) groups excluding carboxylic acids is 2. The minimum atomic E-state index is -0.506. The minimum absolute atomic E-state index is 0.0425. The number of nitrogens with one attached hydrogen (secondary N) is 1. The van der Waals surface area contributed by atoms with Gasteiger partial charge in [0.1, 0.15) is 0 Å². The van der Waals surface area contributed by atoms with Gasteiger partial charge in [-0.1, -0.05) is 78.9 Å². The average Bonchev–Trinajstić information content (AvgIpc) is 2.83. The van der Waals surface area contributed by atoms with Crippen molar-refractivity contribution in [3.05, 3.63) is 102 Å². The van der Waals surface area contributed by atoms with E-state index >= 15 is 0 Å². The molecule has 3 aromatic carbocycles. The van der Waals surface area contributed by atoms with Crippen LogP contribution < -0.4 is 5.32 Å². The number of pyridine rings is 1. The number of hydrogen-bond donors (Lipinski definition) is 1.